The zero-order valence-electron chi connectivity index (χ0n) is 9.08. The van der Waals surface area contributed by atoms with Gasteiger partial charge >= 0.3 is 0 Å². The normalized spacial score (nSPS) is 10.5. The maximum absolute atomic E-state index is 12.0. The topological polar surface area (TPSA) is 57.5 Å². The highest BCUT2D eigenvalue weighted by Crippen LogP contribution is 2.14. The molecule has 0 aromatic heterocycles. The second-order valence-electron chi connectivity index (χ2n) is 3.69. The summed E-state index contributed by atoms with van der Waals surface area (Å²) < 4.78 is 0. The zero-order valence-corrected chi connectivity index (χ0v) is 9.08. The van der Waals surface area contributed by atoms with Crippen LogP contribution >= 0.6 is 0 Å². The molecule has 0 bridgehead atoms. The number of benzene rings is 2. The van der Waals surface area contributed by atoms with E-state index in [9.17, 15) is 4.79 Å². The lowest BCUT2D eigenvalue weighted by Gasteiger charge is -2.05. The molecule has 0 saturated carbocycles. The first-order valence-electron chi connectivity index (χ1n) is 5.24. The van der Waals surface area contributed by atoms with Crippen molar-refractivity contribution >= 4 is 5.78 Å². The van der Waals surface area contributed by atoms with Gasteiger partial charge in [0.25, 0.3) is 0 Å². The summed E-state index contributed by atoms with van der Waals surface area (Å²) in [6.45, 7) is 0. The minimum atomic E-state index is -1.50. The summed E-state index contributed by atoms with van der Waals surface area (Å²) in [7, 11) is 0. The van der Waals surface area contributed by atoms with Crippen LogP contribution in [0.15, 0.2) is 54.6 Å². The molecular formula is C14H12O3. The highest BCUT2D eigenvalue weighted by Gasteiger charge is 2.09. The van der Waals surface area contributed by atoms with Gasteiger partial charge in [-0.1, -0.05) is 54.6 Å². The second-order valence-corrected chi connectivity index (χ2v) is 3.69. The summed E-state index contributed by atoms with van der Waals surface area (Å²) in [5.41, 5.74) is 1.51. The average Bonchev–Trinajstić information content (AvgIpc) is 2.39. The Morgan fingerprint density at radius 2 is 1.35 bits per heavy atom. The molecule has 0 atom stereocenters. The van der Waals surface area contributed by atoms with E-state index in [-0.39, 0.29) is 5.78 Å². The third kappa shape index (κ3) is 2.58. The van der Waals surface area contributed by atoms with Gasteiger partial charge in [0, 0.05) is 16.7 Å². The predicted octanol–water partition coefficient (Wildman–Crippen LogP) is 1.90. The molecule has 0 saturated heterocycles. The van der Waals surface area contributed by atoms with Crippen LogP contribution in [0.3, 0.4) is 0 Å². The lowest BCUT2D eigenvalue weighted by Crippen LogP contribution is -2.02. The Morgan fingerprint density at radius 3 is 1.88 bits per heavy atom. The molecule has 2 rings (SSSR count). The van der Waals surface area contributed by atoms with Crippen molar-refractivity contribution in [3.8, 4) is 0 Å². The van der Waals surface area contributed by atoms with E-state index in [0.717, 1.165) is 0 Å². The molecule has 0 aliphatic rings. The Morgan fingerprint density at radius 1 is 0.824 bits per heavy atom. The number of rotatable bonds is 3. The minimum absolute atomic E-state index is 0.0791. The van der Waals surface area contributed by atoms with Crippen LogP contribution in [0.2, 0.25) is 0 Å². The maximum atomic E-state index is 12.0. The highest BCUT2D eigenvalue weighted by atomic mass is 16.5. The SMILES string of the molecule is O=C(c1ccccc1)c1ccc(C(O)O)cc1. The average molecular weight is 228 g/mol. The van der Waals surface area contributed by atoms with E-state index in [2.05, 4.69) is 0 Å². The van der Waals surface area contributed by atoms with Crippen LogP contribution in [0.25, 0.3) is 0 Å². The van der Waals surface area contributed by atoms with Crippen molar-refractivity contribution in [2.45, 2.75) is 6.29 Å². The number of aliphatic hydroxyl groups is 2. The summed E-state index contributed by atoms with van der Waals surface area (Å²) >= 11 is 0. The van der Waals surface area contributed by atoms with Crippen LogP contribution in [-0.4, -0.2) is 16.0 Å². The lowest BCUT2D eigenvalue weighted by molar-refractivity contribution is -0.0424. The monoisotopic (exact) mass is 228 g/mol. The molecule has 2 aromatic carbocycles. The van der Waals surface area contributed by atoms with Gasteiger partial charge in [0.05, 0.1) is 0 Å². The van der Waals surface area contributed by atoms with Gasteiger partial charge in [0.2, 0.25) is 0 Å². The Kier molecular flexibility index (Phi) is 3.32. The van der Waals surface area contributed by atoms with Crippen molar-refractivity contribution in [1.82, 2.24) is 0 Å². The summed E-state index contributed by atoms with van der Waals surface area (Å²) in [6, 6.07) is 15.2. The van der Waals surface area contributed by atoms with Crippen LogP contribution in [0, 0.1) is 0 Å². The van der Waals surface area contributed by atoms with Gasteiger partial charge in [0.1, 0.15) is 0 Å². The zero-order chi connectivity index (χ0) is 12.3. The maximum Gasteiger partial charge on any atom is 0.193 e. The molecule has 0 unspecified atom stereocenters. The number of carbonyl (C=O) groups is 1. The standard InChI is InChI=1S/C14H12O3/c15-13(10-4-2-1-3-5-10)11-6-8-12(9-7-11)14(16)17/h1-9,14,16-17H. The molecule has 0 aliphatic heterocycles. The number of carbonyl (C=O) groups excluding carboxylic acids is 1. The summed E-state index contributed by atoms with van der Waals surface area (Å²) in [6.07, 6.45) is -1.50. The molecule has 86 valence electrons. The molecule has 3 nitrogen and oxygen atoms in total. The lowest BCUT2D eigenvalue weighted by atomic mass is 10.0. The number of ketones is 1. The quantitative estimate of drug-likeness (QED) is 0.623. The van der Waals surface area contributed by atoms with Gasteiger partial charge in [0.15, 0.2) is 12.1 Å². The first kappa shape index (κ1) is 11.5. The van der Waals surface area contributed by atoms with E-state index >= 15 is 0 Å². The van der Waals surface area contributed by atoms with Gasteiger partial charge in [-0.15, -0.1) is 0 Å². The Balaban J connectivity index is 2.27. The molecule has 17 heavy (non-hydrogen) atoms. The molecule has 0 fully saturated rings. The highest BCUT2D eigenvalue weighted by molar-refractivity contribution is 6.08. The minimum Gasteiger partial charge on any atom is -0.364 e. The third-order valence-electron chi connectivity index (χ3n) is 2.51. The van der Waals surface area contributed by atoms with E-state index in [1.165, 1.54) is 12.1 Å². The Labute approximate surface area is 99.0 Å². The molecule has 0 spiro atoms. The van der Waals surface area contributed by atoms with E-state index in [1.54, 1.807) is 36.4 Å². The van der Waals surface area contributed by atoms with Gasteiger partial charge in [-0.2, -0.15) is 0 Å². The van der Waals surface area contributed by atoms with Crippen molar-refractivity contribution < 1.29 is 15.0 Å². The second kappa shape index (κ2) is 4.91. The number of hydrogen-bond donors (Lipinski definition) is 2. The van der Waals surface area contributed by atoms with Crippen LogP contribution < -0.4 is 0 Å². The molecule has 0 radical (unpaired) electrons. The predicted molar refractivity (Wildman–Crippen MR) is 63.5 cm³/mol. The summed E-state index contributed by atoms with van der Waals surface area (Å²) in [5, 5.41) is 17.9. The van der Waals surface area contributed by atoms with Crippen LogP contribution in [0.1, 0.15) is 27.8 Å². The van der Waals surface area contributed by atoms with Gasteiger partial charge < -0.3 is 10.2 Å². The van der Waals surface area contributed by atoms with Crippen molar-refractivity contribution in [2.24, 2.45) is 0 Å². The van der Waals surface area contributed by atoms with Crippen molar-refractivity contribution in [3.05, 3.63) is 71.3 Å². The molecule has 3 heteroatoms. The number of aliphatic hydroxyl groups excluding tert-OH is 1. The fourth-order valence-corrected chi connectivity index (χ4v) is 1.56. The molecule has 2 N–H and O–H groups in total. The fraction of sp³-hybridized carbons (Fsp3) is 0.0714. The van der Waals surface area contributed by atoms with Crippen LogP contribution in [-0.2, 0) is 0 Å². The van der Waals surface area contributed by atoms with Gasteiger partial charge in [-0.3, -0.25) is 4.79 Å². The van der Waals surface area contributed by atoms with Crippen LogP contribution in [0.4, 0.5) is 0 Å². The molecule has 0 heterocycles. The van der Waals surface area contributed by atoms with E-state index in [4.69, 9.17) is 10.2 Å². The third-order valence-corrected chi connectivity index (χ3v) is 2.51. The van der Waals surface area contributed by atoms with E-state index < -0.39 is 6.29 Å². The molecule has 0 amide bonds. The van der Waals surface area contributed by atoms with Gasteiger partial charge in [-0.25, -0.2) is 0 Å². The van der Waals surface area contributed by atoms with Crippen molar-refractivity contribution in [1.29, 1.82) is 0 Å². The smallest absolute Gasteiger partial charge is 0.193 e. The number of hydrogen-bond acceptors (Lipinski definition) is 3. The largest absolute Gasteiger partial charge is 0.364 e. The summed E-state index contributed by atoms with van der Waals surface area (Å²) in [4.78, 5) is 12.0. The van der Waals surface area contributed by atoms with Crippen LogP contribution in [0.5, 0.6) is 0 Å². The fourth-order valence-electron chi connectivity index (χ4n) is 1.56. The Bertz CT molecular complexity index is 501. The first-order valence-corrected chi connectivity index (χ1v) is 5.24. The van der Waals surface area contributed by atoms with E-state index in [0.29, 0.717) is 16.7 Å². The first-order chi connectivity index (χ1) is 8.18. The molecule has 2 aromatic rings. The summed E-state index contributed by atoms with van der Waals surface area (Å²) in [5.74, 6) is -0.0791. The molecular weight excluding hydrogens is 216 g/mol. The van der Waals surface area contributed by atoms with Crippen molar-refractivity contribution in [3.63, 3.8) is 0 Å². The molecule has 0 aliphatic carbocycles. The van der Waals surface area contributed by atoms with Crippen molar-refractivity contribution in [2.75, 3.05) is 0 Å². The van der Waals surface area contributed by atoms with Gasteiger partial charge in [-0.05, 0) is 0 Å². The van der Waals surface area contributed by atoms with E-state index in [1.807, 2.05) is 6.07 Å². The Hall–Kier alpha value is -1.97.